The molecular weight excluding hydrogens is 373 g/mol. The van der Waals surface area contributed by atoms with Gasteiger partial charge in [-0.2, -0.15) is 0 Å². The van der Waals surface area contributed by atoms with Gasteiger partial charge in [-0.3, -0.25) is 9.69 Å². The predicted octanol–water partition coefficient (Wildman–Crippen LogP) is 4.08. The van der Waals surface area contributed by atoms with E-state index in [-0.39, 0.29) is 23.8 Å². The molecule has 2 aromatic heterocycles. The minimum Gasteiger partial charge on any atom is -0.337 e. The summed E-state index contributed by atoms with van der Waals surface area (Å²) in [6, 6.07) is 12.9. The van der Waals surface area contributed by atoms with Crippen LogP contribution in [0, 0.1) is 12.7 Å². The number of amides is 1. The average Bonchev–Trinajstić information content (AvgIpc) is 3.41. The number of likely N-dealkylation sites (tertiary alicyclic amines) is 1. The lowest BCUT2D eigenvalue weighted by atomic mass is 10.0. The van der Waals surface area contributed by atoms with E-state index >= 15 is 0 Å². The van der Waals surface area contributed by atoms with Crippen molar-refractivity contribution in [3.8, 4) is 0 Å². The largest absolute Gasteiger partial charge is 0.337 e. The maximum atomic E-state index is 13.3. The summed E-state index contributed by atoms with van der Waals surface area (Å²) in [6.07, 6.45) is 2.03. The Labute approximate surface area is 167 Å². The minimum atomic E-state index is -0.251. The molecule has 4 nitrogen and oxygen atoms in total. The molecule has 2 atom stereocenters. The highest BCUT2D eigenvalue weighted by Crippen LogP contribution is 2.35. The molecule has 1 saturated heterocycles. The summed E-state index contributed by atoms with van der Waals surface area (Å²) in [5, 5.41) is 2.14. The highest BCUT2D eigenvalue weighted by Gasteiger charge is 2.44. The molecule has 144 valence electrons. The molecule has 0 spiro atoms. The molecule has 2 aliphatic rings. The summed E-state index contributed by atoms with van der Waals surface area (Å²) >= 11 is 1.80. The molecule has 0 bridgehead atoms. The molecular formula is C22H22FN3OS. The Hall–Kier alpha value is -2.44. The van der Waals surface area contributed by atoms with Crippen molar-refractivity contribution in [3.63, 3.8) is 0 Å². The zero-order valence-corrected chi connectivity index (χ0v) is 16.5. The van der Waals surface area contributed by atoms with E-state index in [4.69, 9.17) is 0 Å². The van der Waals surface area contributed by atoms with Crippen molar-refractivity contribution in [2.24, 2.45) is 0 Å². The van der Waals surface area contributed by atoms with Crippen LogP contribution in [0.2, 0.25) is 0 Å². The van der Waals surface area contributed by atoms with Crippen molar-refractivity contribution < 1.29 is 9.18 Å². The van der Waals surface area contributed by atoms with E-state index < -0.39 is 0 Å². The second-order valence-electron chi connectivity index (χ2n) is 7.72. The first-order valence-electron chi connectivity index (χ1n) is 9.58. The number of carbonyl (C=O) groups is 1. The van der Waals surface area contributed by atoms with Gasteiger partial charge in [-0.05, 0) is 53.8 Å². The van der Waals surface area contributed by atoms with Crippen LogP contribution >= 0.6 is 11.3 Å². The summed E-state index contributed by atoms with van der Waals surface area (Å²) in [6.45, 7) is 5.37. The van der Waals surface area contributed by atoms with Crippen LogP contribution in [0.3, 0.4) is 0 Å². The first-order valence-corrected chi connectivity index (χ1v) is 10.5. The van der Waals surface area contributed by atoms with Gasteiger partial charge >= 0.3 is 0 Å². The van der Waals surface area contributed by atoms with Crippen LogP contribution in [-0.2, 0) is 13.1 Å². The van der Waals surface area contributed by atoms with Gasteiger partial charge < -0.3 is 9.47 Å². The molecule has 4 heterocycles. The van der Waals surface area contributed by atoms with Gasteiger partial charge in [0.15, 0.2) is 0 Å². The second-order valence-corrected chi connectivity index (χ2v) is 8.72. The van der Waals surface area contributed by atoms with E-state index in [1.807, 2.05) is 23.2 Å². The molecule has 2 aliphatic heterocycles. The van der Waals surface area contributed by atoms with E-state index in [1.54, 1.807) is 23.5 Å². The number of rotatable bonds is 4. The molecule has 0 radical (unpaired) electrons. The number of halogens is 1. The van der Waals surface area contributed by atoms with E-state index in [0.29, 0.717) is 6.54 Å². The van der Waals surface area contributed by atoms with E-state index in [0.717, 1.165) is 30.9 Å². The van der Waals surface area contributed by atoms with Gasteiger partial charge in [-0.25, -0.2) is 4.39 Å². The highest BCUT2D eigenvalue weighted by molar-refractivity contribution is 7.10. The summed E-state index contributed by atoms with van der Waals surface area (Å²) in [5.41, 5.74) is 3.04. The highest BCUT2D eigenvalue weighted by atomic mass is 32.1. The van der Waals surface area contributed by atoms with Gasteiger partial charge in [0.05, 0.1) is 12.1 Å². The Balaban J connectivity index is 1.44. The number of carbonyl (C=O) groups excluding carboxylic acids is 1. The van der Waals surface area contributed by atoms with Crippen molar-refractivity contribution in [1.82, 2.24) is 14.4 Å². The monoisotopic (exact) mass is 395 g/mol. The topological polar surface area (TPSA) is 28.5 Å². The van der Waals surface area contributed by atoms with Gasteiger partial charge in [-0.1, -0.05) is 12.1 Å². The van der Waals surface area contributed by atoms with Crippen LogP contribution in [0.25, 0.3) is 0 Å². The number of nitrogens with zero attached hydrogens (tertiary/aromatic N) is 3. The first kappa shape index (κ1) is 17.6. The number of aryl methyl sites for hydroxylation is 1. The number of thiophene rings is 1. The third-order valence-corrected chi connectivity index (χ3v) is 6.96. The van der Waals surface area contributed by atoms with Gasteiger partial charge in [-0.15, -0.1) is 11.3 Å². The molecule has 0 N–H and O–H groups in total. The Morgan fingerprint density at radius 2 is 1.86 bits per heavy atom. The van der Waals surface area contributed by atoms with Crippen LogP contribution in [0.5, 0.6) is 0 Å². The zero-order valence-electron chi connectivity index (χ0n) is 15.7. The Morgan fingerprint density at radius 1 is 1.07 bits per heavy atom. The van der Waals surface area contributed by atoms with Crippen LogP contribution in [0.15, 0.2) is 54.0 Å². The Bertz CT molecular complexity index is 1010. The van der Waals surface area contributed by atoms with Crippen molar-refractivity contribution in [2.45, 2.75) is 32.1 Å². The number of aromatic nitrogens is 1. The zero-order chi connectivity index (χ0) is 19.3. The third-order valence-electron chi connectivity index (χ3n) is 5.95. The van der Waals surface area contributed by atoms with Crippen LogP contribution in [0.4, 0.5) is 4.39 Å². The fourth-order valence-electron chi connectivity index (χ4n) is 4.46. The normalized spacial score (nSPS) is 21.8. The fourth-order valence-corrected chi connectivity index (χ4v) is 5.41. The van der Waals surface area contributed by atoms with Gasteiger partial charge in [0.25, 0.3) is 5.91 Å². The van der Waals surface area contributed by atoms with Gasteiger partial charge in [0.1, 0.15) is 11.5 Å². The second kappa shape index (κ2) is 6.87. The summed E-state index contributed by atoms with van der Waals surface area (Å²) in [7, 11) is 0. The SMILES string of the molecule is Cc1ccsc1CN1CC2C(C1)n1cccc1C(=O)N2Cc1ccc(F)cc1. The van der Waals surface area contributed by atoms with E-state index in [1.165, 1.54) is 22.6 Å². The maximum Gasteiger partial charge on any atom is 0.271 e. The summed E-state index contributed by atoms with van der Waals surface area (Å²) in [4.78, 5) is 19.0. The smallest absolute Gasteiger partial charge is 0.271 e. The van der Waals surface area contributed by atoms with Gasteiger partial charge in [0, 0.05) is 37.3 Å². The lowest BCUT2D eigenvalue weighted by Crippen LogP contribution is -2.49. The third kappa shape index (κ3) is 2.97. The van der Waals surface area contributed by atoms with E-state index in [2.05, 4.69) is 27.8 Å². The molecule has 2 unspecified atom stereocenters. The average molecular weight is 396 g/mol. The molecule has 1 amide bonds. The number of hydrogen-bond acceptors (Lipinski definition) is 3. The molecule has 0 aliphatic carbocycles. The standard InChI is InChI=1S/C22H22FN3OS/c1-15-8-10-28-21(15)14-24-12-19-20(13-24)26(11-16-4-6-17(23)7-5-16)22(27)18-3-2-9-25(18)19/h2-10,19-20H,11-14H2,1H3. The molecule has 5 rings (SSSR count). The summed E-state index contributed by atoms with van der Waals surface area (Å²) in [5.74, 6) is -0.191. The van der Waals surface area contributed by atoms with Crippen molar-refractivity contribution >= 4 is 17.2 Å². The lowest BCUT2D eigenvalue weighted by molar-refractivity contribution is 0.0556. The molecule has 6 heteroatoms. The number of fused-ring (bicyclic) bond motifs is 3. The molecule has 3 aromatic rings. The predicted molar refractivity (Wildman–Crippen MR) is 108 cm³/mol. The summed E-state index contributed by atoms with van der Waals surface area (Å²) < 4.78 is 15.4. The lowest BCUT2D eigenvalue weighted by Gasteiger charge is -2.38. The van der Waals surface area contributed by atoms with E-state index in [9.17, 15) is 9.18 Å². The Morgan fingerprint density at radius 3 is 2.61 bits per heavy atom. The minimum absolute atomic E-state index is 0.0599. The molecule has 28 heavy (non-hydrogen) atoms. The molecule has 1 fully saturated rings. The van der Waals surface area contributed by atoms with Crippen molar-refractivity contribution in [2.75, 3.05) is 13.1 Å². The Kier molecular flexibility index (Phi) is 4.33. The van der Waals surface area contributed by atoms with Crippen LogP contribution in [0.1, 0.15) is 32.5 Å². The molecule has 1 aromatic carbocycles. The maximum absolute atomic E-state index is 13.3. The molecule has 0 saturated carbocycles. The fraction of sp³-hybridized carbons (Fsp3) is 0.318. The van der Waals surface area contributed by atoms with Crippen molar-refractivity contribution in [1.29, 1.82) is 0 Å². The van der Waals surface area contributed by atoms with Crippen LogP contribution in [-0.4, -0.2) is 39.4 Å². The van der Waals surface area contributed by atoms with Crippen LogP contribution < -0.4 is 0 Å². The number of benzene rings is 1. The number of hydrogen-bond donors (Lipinski definition) is 0. The van der Waals surface area contributed by atoms with Gasteiger partial charge in [0.2, 0.25) is 0 Å². The quantitative estimate of drug-likeness (QED) is 0.666. The first-order chi connectivity index (χ1) is 13.6. The van der Waals surface area contributed by atoms with Crippen molar-refractivity contribution in [3.05, 3.63) is 81.6 Å².